The van der Waals surface area contributed by atoms with Crippen LogP contribution >= 0.6 is 0 Å². The predicted molar refractivity (Wildman–Crippen MR) is 50.9 cm³/mol. The van der Waals surface area contributed by atoms with Gasteiger partial charge in [-0.05, 0) is 6.07 Å². The molecule has 0 amide bonds. The Kier molecular flexibility index (Phi) is 3.31. The van der Waals surface area contributed by atoms with E-state index in [0.717, 1.165) is 5.56 Å². The zero-order valence-corrected chi connectivity index (χ0v) is 7.62. The molecule has 0 atom stereocenters. The number of para-hydroxylation sites is 1. The van der Waals surface area contributed by atoms with Crippen molar-refractivity contribution in [3.05, 3.63) is 29.8 Å². The summed E-state index contributed by atoms with van der Waals surface area (Å²) in [4.78, 5) is 10.8. The van der Waals surface area contributed by atoms with Crippen molar-refractivity contribution < 1.29 is 9.53 Å². The largest absolute Gasteiger partial charge is 0.461 e. The first-order chi connectivity index (χ1) is 6.24. The number of carbonyl (C=O) groups is 1. The van der Waals surface area contributed by atoms with E-state index in [4.69, 9.17) is 10.5 Å². The Morgan fingerprint density at radius 3 is 2.77 bits per heavy atom. The van der Waals surface area contributed by atoms with Crippen LogP contribution in [0.4, 0.5) is 5.69 Å². The average Bonchev–Trinajstić information content (AvgIpc) is 2.16. The van der Waals surface area contributed by atoms with Gasteiger partial charge >= 0.3 is 5.97 Å². The van der Waals surface area contributed by atoms with E-state index < -0.39 is 0 Å². The maximum atomic E-state index is 10.8. The van der Waals surface area contributed by atoms with E-state index in [9.17, 15) is 4.79 Å². The summed E-state index contributed by atoms with van der Waals surface area (Å²) < 4.78 is 4.94. The van der Waals surface area contributed by atoms with E-state index in [1.54, 1.807) is 13.0 Å². The van der Waals surface area contributed by atoms with Crippen LogP contribution in [0.3, 0.4) is 0 Å². The lowest BCUT2D eigenvalue weighted by atomic mass is 10.2. The average molecular weight is 179 g/mol. The Hall–Kier alpha value is -1.51. The van der Waals surface area contributed by atoms with Crippen LogP contribution in [-0.4, -0.2) is 5.97 Å². The number of rotatable bonds is 3. The van der Waals surface area contributed by atoms with Crippen LogP contribution in [0.2, 0.25) is 0 Å². The smallest absolute Gasteiger partial charge is 0.305 e. The second-order valence-electron chi connectivity index (χ2n) is 2.71. The maximum absolute atomic E-state index is 10.8. The van der Waals surface area contributed by atoms with E-state index >= 15 is 0 Å². The van der Waals surface area contributed by atoms with Gasteiger partial charge in [-0.3, -0.25) is 4.79 Å². The number of ether oxygens (including phenoxy) is 1. The Morgan fingerprint density at radius 1 is 1.46 bits per heavy atom. The third-order valence-corrected chi connectivity index (χ3v) is 1.73. The molecular formula is C10H13NO2. The van der Waals surface area contributed by atoms with Crippen LogP contribution in [0, 0.1) is 0 Å². The molecule has 0 saturated carbocycles. The molecule has 1 aromatic carbocycles. The molecular weight excluding hydrogens is 166 g/mol. The highest BCUT2D eigenvalue weighted by atomic mass is 16.5. The van der Waals surface area contributed by atoms with Crippen LogP contribution in [0.25, 0.3) is 0 Å². The zero-order valence-electron chi connectivity index (χ0n) is 7.62. The molecule has 1 rings (SSSR count). The minimum atomic E-state index is -0.205. The van der Waals surface area contributed by atoms with E-state index in [1.165, 1.54) is 0 Å². The molecule has 0 saturated heterocycles. The molecule has 0 aliphatic carbocycles. The van der Waals surface area contributed by atoms with Gasteiger partial charge in [0, 0.05) is 17.7 Å². The number of hydrogen-bond acceptors (Lipinski definition) is 3. The van der Waals surface area contributed by atoms with Crippen molar-refractivity contribution in [3.8, 4) is 0 Å². The SMILES string of the molecule is CCC(=O)OCc1ccccc1N. The van der Waals surface area contributed by atoms with Crippen LogP contribution in [-0.2, 0) is 16.1 Å². The molecule has 3 heteroatoms. The Labute approximate surface area is 77.5 Å². The van der Waals surface area contributed by atoms with E-state index in [2.05, 4.69) is 0 Å². The number of hydrogen-bond donors (Lipinski definition) is 1. The molecule has 0 aliphatic heterocycles. The molecule has 2 N–H and O–H groups in total. The highest BCUT2D eigenvalue weighted by Crippen LogP contribution is 2.11. The Morgan fingerprint density at radius 2 is 2.15 bits per heavy atom. The second-order valence-corrected chi connectivity index (χ2v) is 2.71. The molecule has 13 heavy (non-hydrogen) atoms. The quantitative estimate of drug-likeness (QED) is 0.567. The summed E-state index contributed by atoms with van der Waals surface area (Å²) in [6, 6.07) is 7.35. The van der Waals surface area contributed by atoms with Crippen LogP contribution < -0.4 is 5.73 Å². The molecule has 0 spiro atoms. The summed E-state index contributed by atoms with van der Waals surface area (Å²) in [5.41, 5.74) is 7.17. The van der Waals surface area contributed by atoms with Crippen molar-refractivity contribution in [2.24, 2.45) is 0 Å². The molecule has 0 bridgehead atoms. The van der Waals surface area contributed by atoms with Gasteiger partial charge < -0.3 is 10.5 Å². The summed E-state index contributed by atoms with van der Waals surface area (Å²) in [6.07, 6.45) is 0.396. The van der Waals surface area contributed by atoms with Crippen molar-refractivity contribution >= 4 is 11.7 Å². The summed E-state index contributed by atoms with van der Waals surface area (Å²) >= 11 is 0. The third kappa shape index (κ3) is 2.78. The number of nitrogens with two attached hydrogens (primary N) is 1. The Bertz CT molecular complexity index is 297. The first-order valence-corrected chi connectivity index (χ1v) is 4.23. The van der Waals surface area contributed by atoms with Gasteiger partial charge in [0.2, 0.25) is 0 Å². The van der Waals surface area contributed by atoms with Gasteiger partial charge in [0.1, 0.15) is 6.61 Å². The fourth-order valence-corrected chi connectivity index (χ4v) is 0.926. The maximum Gasteiger partial charge on any atom is 0.305 e. The van der Waals surface area contributed by atoms with E-state index in [1.807, 2.05) is 18.2 Å². The van der Waals surface area contributed by atoms with Crippen LogP contribution in [0.15, 0.2) is 24.3 Å². The molecule has 1 aromatic rings. The first-order valence-electron chi connectivity index (χ1n) is 4.23. The summed E-state index contributed by atoms with van der Waals surface area (Å²) in [5.74, 6) is -0.205. The fourth-order valence-electron chi connectivity index (χ4n) is 0.926. The van der Waals surface area contributed by atoms with Gasteiger partial charge in [-0.1, -0.05) is 25.1 Å². The van der Waals surface area contributed by atoms with Gasteiger partial charge in [0.15, 0.2) is 0 Å². The summed E-state index contributed by atoms with van der Waals surface area (Å²) in [7, 11) is 0. The molecule has 0 fully saturated rings. The lowest BCUT2D eigenvalue weighted by Crippen LogP contribution is -2.04. The molecule has 3 nitrogen and oxygen atoms in total. The van der Waals surface area contributed by atoms with E-state index in [0.29, 0.717) is 12.1 Å². The predicted octanol–water partition coefficient (Wildman–Crippen LogP) is 1.72. The number of benzene rings is 1. The van der Waals surface area contributed by atoms with Gasteiger partial charge in [0.05, 0.1) is 0 Å². The number of esters is 1. The number of anilines is 1. The van der Waals surface area contributed by atoms with Crippen molar-refractivity contribution in [2.75, 3.05) is 5.73 Å². The normalized spacial score (nSPS) is 9.62. The van der Waals surface area contributed by atoms with Crippen molar-refractivity contribution in [3.63, 3.8) is 0 Å². The zero-order chi connectivity index (χ0) is 9.68. The first kappa shape index (κ1) is 9.58. The molecule has 0 heterocycles. The summed E-state index contributed by atoms with van der Waals surface area (Å²) in [5, 5.41) is 0. The minimum Gasteiger partial charge on any atom is -0.461 e. The van der Waals surface area contributed by atoms with E-state index in [-0.39, 0.29) is 12.6 Å². The highest BCUT2D eigenvalue weighted by Gasteiger charge is 2.01. The second kappa shape index (κ2) is 4.50. The van der Waals surface area contributed by atoms with Gasteiger partial charge in [0.25, 0.3) is 0 Å². The highest BCUT2D eigenvalue weighted by molar-refractivity contribution is 5.69. The van der Waals surface area contributed by atoms with Gasteiger partial charge in [-0.2, -0.15) is 0 Å². The van der Waals surface area contributed by atoms with Gasteiger partial charge in [-0.25, -0.2) is 0 Å². The minimum absolute atomic E-state index is 0.205. The molecule has 0 aliphatic rings. The fraction of sp³-hybridized carbons (Fsp3) is 0.300. The van der Waals surface area contributed by atoms with Gasteiger partial charge in [-0.15, -0.1) is 0 Å². The molecule has 70 valence electrons. The monoisotopic (exact) mass is 179 g/mol. The Balaban J connectivity index is 2.54. The third-order valence-electron chi connectivity index (χ3n) is 1.73. The molecule has 0 radical (unpaired) electrons. The van der Waals surface area contributed by atoms with Crippen molar-refractivity contribution in [1.29, 1.82) is 0 Å². The van der Waals surface area contributed by atoms with Crippen LogP contribution in [0.1, 0.15) is 18.9 Å². The number of nitrogen functional groups attached to an aromatic ring is 1. The van der Waals surface area contributed by atoms with Crippen LogP contribution in [0.5, 0.6) is 0 Å². The topological polar surface area (TPSA) is 52.3 Å². The van der Waals surface area contributed by atoms with Crippen molar-refractivity contribution in [2.45, 2.75) is 20.0 Å². The molecule has 0 aromatic heterocycles. The van der Waals surface area contributed by atoms with Crippen molar-refractivity contribution in [1.82, 2.24) is 0 Å². The lowest BCUT2D eigenvalue weighted by molar-refractivity contribution is -0.144. The standard InChI is InChI=1S/C10H13NO2/c1-2-10(12)13-7-8-5-3-4-6-9(8)11/h3-6H,2,7,11H2,1H3. The number of carbonyl (C=O) groups excluding carboxylic acids is 1. The summed E-state index contributed by atoms with van der Waals surface area (Å²) in [6.45, 7) is 2.02. The lowest BCUT2D eigenvalue weighted by Gasteiger charge is -2.05. The molecule has 0 unspecified atom stereocenters.